The fraction of sp³-hybridized carbons (Fsp3) is 0.455. The molecule has 1 amide bonds. The van der Waals surface area contributed by atoms with E-state index in [9.17, 15) is 9.18 Å². The highest BCUT2D eigenvalue weighted by molar-refractivity contribution is 5.80. The third-order valence-corrected chi connectivity index (χ3v) is 6.04. The first-order valence-electron chi connectivity index (χ1n) is 9.62. The molecule has 0 radical (unpaired) electrons. The number of carbonyl (C=O) groups is 1. The van der Waals surface area contributed by atoms with Crippen LogP contribution in [0, 0.1) is 5.82 Å². The van der Waals surface area contributed by atoms with E-state index in [-0.39, 0.29) is 22.8 Å². The zero-order valence-electron chi connectivity index (χ0n) is 16.0. The second-order valence-electron chi connectivity index (χ2n) is 8.47. The Bertz CT molecular complexity index is 838. The lowest BCUT2D eigenvalue weighted by Crippen LogP contribution is -2.49. The van der Waals surface area contributed by atoms with E-state index < -0.39 is 0 Å². The Morgan fingerprint density at radius 1 is 1.26 bits per heavy atom. The van der Waals surface area contributed by atoms with Crippen molar-refractivity contribution in [1.29, 1.82) is 0 Å². The minimum Gasteiger partial charge on any atom is -0.364 e. The van der Waals surface area contributed by atoms with Gasteiger partial charge in [-0.15, -0.1) is 0 Å². The monoisotopic (exact) mass is 367 g/mol. The molecule has 0 saturated carbocycles. The molecule has 0 aliphatic carbocycles. The number of nitrogens with zero attached hydrogens (tertiary/aromatic N) is 3. The van der Waals surface area contributed by atoms with E-state index in [0.29, 0.717) is 6.42 Å². The van der Waals surface area contributed by atoms with Crippen molar-refractivity contribution in [2.24, 2.45) is 0 Å². The maximum atomic E-state index is 13.8. The van der Waals surface area contributed by atoms with E-state index in [1.54, 1.807) is 24.5 Å². The quantitative estimate of drug-likeness (QED) is 0.828. The van der Waals surface area contributed by atoms with Crippen LogP contribution in [-0.2, 0) is 11.2 Å². The molecule has 2 aliphatic rings. The maximum absolute atomic E-state index is 13.8. The van der Waals surface area contributed by atoms with Gasteiger partial charge >= 0.3 is 0 Å². The molecule has 142 valence electrons. The molecule has 1 spiro atoms. The normalized spacial score (nSPS) is 24.0. The van der Waals surface area contributed by atoms with Gasteiger partial charge in [0, 0.05) is 36.7 Å². The molecular formula is C22H26FN3O. The molecule has 1 atom stereocenters. The van der Waals surface area contributed by atoms with Crippen molar-refractivity contribution >= 4 is 11.6 Å². The smallest absolute Gasteiger partial charge is 0.227 e. The van der Waals surface area contributed by atoms with Crippen LogP contribution < -0.4 is 4.90 Å². The zero-order chi connectivity index (χ0) is 19.1. The van der Waals surface area contributed by atoms with Crippen molar-refractivity contribution in [3.63, 3.8) is 0 Å². The first-order chi connectivity index (χ1) is 12.9. The molecule has 4 nitrogen and oxygen atoms in total. The van der Waals surface area contributed by atoms with Crippen LogP contribution in [0.5, 0.6) is 0 Å². The summed E-state index contributed by atoms with van der Waals surface area (Å²) in [4.78, 5) is 21.6. The summed E-state index contributed by atoms with van der Waals surface area (Å²) in [6, 6.07) is 10.6. The summed E-state index contributed by atoms with van der Waals surface area (Å²) in [6.07, 6.45) is 6.79. The lowest BCUT2D eigenvalue weighted by molar-refractivity contribution is -0.134. The van der Waals surface area contributed by atoms with Crippen LogP contribution in [0.2, 0.25) is 0 Å². The third kappa shape index (κ3) is 3.31. The van der Waals surface area contributed by atoms with Crippen LogP contribution in [0.3, 0.4) is 0 Å². The van der Waals surface area contributed by atoms with Gasteiger partial charge in [0.15, 0.2) is 0 Å². The zero-order valence-corrected chi connectivity index (χ0v) is 16.0. The van der Waals surface area contributed by atoms with Crippen molar-refractivity contribution in [1.82, 2.24) is 9.88 Å². The number of rotatable bonds is 3. The fourth-order valence-electron chi connectivity index (χ4n) is 5.00. The van der Waals surface area contributed by atoms with Crippen LogP contribution in [-0.4, -0.2) is 40.0 Å². The SMILES string of the molecule is CC1(C)CC2(CCCN2C(=O)Cc2cccnc2)CN1c1cccc(F)c1. The second-order valence-corrected chi connectivity index (χ2v) is 8.47. The van der Waals surface area contributed by atoms with E-state index in [2.05, 4.69) is 28.6 Å². The Morgan fingerprint density at radius 2 is 2.11 bits per heavy atom. The number of carbonyl (C=O) groups excluding carboxylic acids is 1. The minimum absolute atomic E-state index is 0.134. The standard InChI is InChI=1S/C22H26FN3O/c1-21(2)15-22(16-26(21)19-8-3-7-18(23)13-19)9-5-11-25(22)20(27)12-17-6-4-10-24-14-17/h3-4,6-8,10,13-14H,5,9,11-12,15-16H2,1-2H3. The van der Waals surface area contributed by atoms with Gasteiger partial charge in [-0.05, 0) is 62.9 Å². The Kier molecular flexibility index (Phi) is 4.41. The van der Waals surface area contributed by atoms with Crippen LogP contribution in [0.4, 0.5) is 10.1 Å². The molecular weight excluding hydrogens is 341 g/mol. The molecule has 1 unspecified atom stereocenters. The highest BCUT2D eigenvalue weighted by Crippen LogP contribution is 2.47. The van der Waals surface area contributed by atoms with Gasteiger partial charge in [-0.1, -0.05) is 12.1 Å². The number of halogens is 1. The number of anilines is 1. The molecule has 2 saturated heterocycles. The van der Waals surface area contributed by atoms with Crippen molar-refractivity contribution in [3.05, 3.63) is 60.2 Å². The molecule has 27 heavy (non-hydrogen) atoms. The third-order valence-electron chi connectivity index (χ3n) is 6.04. The Balaban J connectivity index is 1.59. The fourth-order valence-corrected chi connectivity index (χ4v) is 5.00. The van der Waals surface area contributed by atoms with Gasteiger partial charge in [0.2, 0.25) is 5.91 Å². The number of benzene rings is 1. The molecule has 3 heterocycles. The summed E-state index contributed by atoms with van der Waals surface area (Å²) in [5.74, 6) is -0.0578. The summed E-state index contributed by atoms with van der Waals surface area (Å²) in [5, 5.41) is 0. The largest absolute Gasteiger partial charge is 0.364 e. The molecule has 0 N–H and O–H groups in total. The Hall–Kier alpha value is -2.43. The Morgan fingerprint density at radius 3 is 2.85 bits per heavy atom. The minimum atomic E-state index is -0.222. The van der Waals surface area contributed by atoms with Gasteiger partial charge in [-0.2, -0.15) is 0 Å². The summed E-state index contributed by atoms with van der Waals surface area (Å²) in [7, 11) is 0. The van der Waals surface area contributed by atoms with E-state index in [1.165, 1.54) is 6.07 Å². The van der Waals surface area contributed by atoms with Crippen molar-refractivity contribution in [2.45, 2.75) is 50.6 Å². The molecule has 0 bridgehead atoms. The number of likely N-dealkylation sites (tertiary alicyclic amines) is 1. The number of pyridine rings is 1. The van der Waals surface area contributed by atoms with Gasteiger partial charge in [0.1, 0.15) is 5.82 Å². The second kappa shape index (κ2) is 6.63. The van der Waals surface area contributed by atoms with E-state index in [4.69, 9.17) is 0 Å². The first-order valence-corrected chi connectivity index (χ1v) is 9.62. The van der Waals surface area contributed by atoms with Gasteiger partial charge in [0.05, 0.1) is 12.0 Å². The van der Waals surface area contributed by atoms with Crippen LogP contribution in [0.1, 0.15) is 38.7 Å². The molecule has 1 aromatic heterocycles. The van der Waals surface area contributed by atoms with Crippen molar-refractivity contribution < 1.29 is 9.18 Å². The molecule has 2 aromatic rings. The number of hydrogen-bond donors (Lipinski definition) is 0. The van der Waals surface area contributed by atoms with Gasteiger partial charge in [0.25, 0.3) is 0 Å². The summed E-state index contributed by atoms with van der Waals surface area (Å²) in [5.41, 5.74) is 1.53. The summed E-state index contributed by atoms with van der Waals surface area (Å²) >= 11 is 0. The molecule has 5 heteroatoms. The number of amides is 1. The number of hydrogen-bond acceptors (Lipinski definition) is 3. The molecule has 1 aromatic carbocycles. The molecule has 4 rings (SSSR count). The highest BCUT2D eigenvalue weighted by atomic mass is 19.1. The van der Waals surface area contributed by atoms with Crippen molar-refractivity contribution in [3.8, 4) is 0 Å². The summed E-state index contributed by atoms with van der Waals surface area (Å²) in [6.45, 7) is 5.93. The van der Waals surface area contributed by atoms with Crippen LogP contribution in [0.25, 0.3) is 0 Å². The van der Waals surface area contributed by atoms with Crippen LogP contribution in [0.15, 0.2) is 48.8 Å². The van der Waals surface area contributed by atoms with Crippen molar-refractivity contribution in [2.75, 3.05) is 18.0 Å². The van der Waals surface area contributed by atoms with Crippen LogP contribution >= 0.6 is 0 Å². The average Bonchev–Trinajstić information content (AvgIpc) is 3.15. The topological polar surface area (TPSA) is 36.4 Å². The lowest BCUT2D eigenvalue weighted by Gasteiger charge is -2.35. The van der Waals surface area contributed by atoms with Gasteiger partial charge in [-0.3, -0.25) is 9.78 Å². The van der Waals surface area contributed by atoms with E-state index >= 15 is 0 Å². The predicted octanol–water partition coefficient (Wildman–Crippen LogP) is 3.81. The highest BCUT2D eigenvalue weighted by Gasteiger charge is 2.54. The number of aromatic nitrogens is 1. The van der Waals surface area contributed by atoms with Gasteiger partial charge in [-0.25, -0.2) is 4.39 Å². The van der Waals surface area contributed by atoms with E-state index in [1.807, 2.05) is 18.2 Å². The first kappa shape index (κ1) is 18.0. The molecule has 2 fully saturated rings. The maximum Gasteiger partial charge on any atom is 0.227 e. The summed E-state index contributed by atoms with van der Waals surface area (Å²) < 4.78 is 13.8. The Labute approximate surface area is 160 Å². The lowest BCUT2D eigenvalue weighted by atomic mass is 9.87. The van der Waals surface area contributed by atoms with Gasteiger partial charge < -0.3 is 9.80 Å². The average molecular weight is 367 g/mol. The van der Waals surface area contributed by atoms with E-state index in [0.717, 1.165) is 43.6 Å². The predicted molar refractivity (Wildman–Crippen MR) is 104 cm³/mol. The molecule has 2 aliphatic heterocycles.